The molecule has 1 nitrogen and oxygen atoms in total. The van der Waals surface area contributed by atoms with Gasteiger partial charge in [-0.1, -0.05) is 65.7 Å². The summed E-state index contributed by atoms with van der Waals surface area (Å²) in [6.07, 6.45) is 17.1. The molecule has 114 valence electrons. The third kappa shape index (κ3) is 7.67. The first-order chi connectivity index (χ1) is 9.74. The van der Waals surface area contributed by atoms with Crippen LogP contribution >= 0.6 is 0 Å². The van der Waals surface area contributed by atoms with Gasteiger partial charge in [0, 0.05) is 18.6 Å². The smallest absolute Gasteiger partial charge is 0.169 e. The molecule has 0 aliphatic rings. The molecule has 0 spiro atoms. The molecule has 0 aliphatic carbocycles. The van der Waals surface area contributed by atoms with E-state index in [9.17, 15) is 0 Å². The van der Waals surface area contributed by atoms with E-state index in [4.69, 9.17) is 0 Å². The number of aromatic nitrogens is 1. The second-order valence-corrected chi connectivity index (χ2v) is 6.35. The zero-order valence-corrected chi connectivity index (χ0v) is 13.9. The van der Waals surface area contributed by atoms with Crippen molar-refractivity contribution in [2.75, 3.05) is 0 Å². The van der Waals surface area contributed by atoms with Crippen molar-refractivity contribution in [3.8, 4) is 0 Å². The van der Waals surface area contributed by atoms with Gasteiger partial charge >= 0.3 is 0 Å². The van der Waals surface area contributed by atoms with E-state index in [1.165, 1.54) is 69.9 Å². The molecule has 0 radical (unpaired) electrons. The Bertz CT molecular complexity index is 326. The van der Waals surface area contributed by atoms with Gasteiger partial charge in [-0.15, -0.1) is 0 Å². The van der Waals surface area contributed by atoms with Crippen molar-refractivity contribution < 1.29 is 4.57 Å². The summed E-state index contributed by atoms with van der Waals surface area (Å²) in [5.41, 5.74) is 1.44. The van der Waals surface area contributed by atoms with Gasteiger partial charge in [-0.2, -0.15) is 0 Å². The van der Waals surface area contributed by atoms with Crippen LogP contribution in [0.1, 0.15) is 90.0 Å². The summed E-state index contributed by atoms with van der Waals surface area (Å²) < 4.78 is 2.33. The first-order valence-electron chi connectivity index (χ1n) is 8.73. The highest BCUT2D eigenvalue weighted by atomic mass is 14.9. The van der Waals surface area contributed by atoms with Gasteiger partial charge in [0.25, 0.3) is 0 Å². The van der Waals surface area contributed by atoms with Crippen molar-refractivity contribution >= 4 is 0 Å². The quantitative estimate of drug-likeness (QED) is 0.364. The fourth-order valence-electron chi connectivity index (χ4n) is 2.61. The van der Waals surface area contributed by atoms with Crippen LogP contribution in [0.2, 0.25) is 0 Å². The summed E-state index contributed by atoms with van der Waals surface area (Å²) in [6, 6.07) is 4.52. The molecule has 0 amide bonds. The van der Waals surface area contributed by atoms with Crippen LogP contribution in [0.15, 0.2) is 24.5 Å². The van der Waals surface area contributed by atoms with Gasteiger partial charge < -0.3 is 0 Å². The predicted octanol–water partition coefficient (Wildman–Crippen LogP) is 5.63. The largest absolute Gasteiger partial charge is 0.205 e. The monoisotopic (exact) mass is 276 g/mol. The van der Waals surface area contributed by atoms with Crippen LogP contribution in [-0.4, -0.2) is 0 Å². The molecule has 0 saturated heterocycles. The average Bonchev–Trinajstić information content (AvgIpc) is 2.46. The zero-order chi connectivity index (χ0) is 14.6. The number of hydrogen-bond donors (Lipinski definition) is 0. The first-order valence-corrected chi connectivity index (χ1v) is 8.73. The van der Waals surface area contributed by atoms with E-state index in [-0.39, 0.29) is 0 Å². The topological polar surface area (TPSA) is 3.88 Å². The third-order valence-corrected chi connectivity index (χ3v) is 4.10. The maximum absolute atomic E-state index is 2.33. The summed E-state index contributed by atoms with van der Waals surface area (Å²) in [5.74, 6) is 0.636. The van der Waals surface area contributed by atoms with Gasteiger partial charge in [0.15, 0.2) is 12.4 Å². The van der Waals surface area contributed by atoms with Gasteiger partial charge in [-0.3, -0.25) is 0 Å². The lowest BCUT2D eigenvalue weighted by Gasteiger charge is -2.04. The molecular formula is C19H34N+. The van der Waals surface area contributed by atoms with Crippen LogP contribution in [0, 0.1) is 0 Å². The standard InChI is InChI=1S/C19H34N/c1-4-5-6-7-8-9-10-11-12-15-20-16-13-19(14-17-20)18(2)3/h13-14,16-18H,4-12,15H2,1-3H3/q+1. The fraction of sp³-hybridized carbons (Fsp3) is 0.737. The van der Waals surface area contributed by atoms with E-state index in [0.717, 1.165) is 0 Å². The molecule has 1 aromatic heterocycles. The summed E-state index contributed by atoms with van der Waals surface area (Å²) >= 11 is 0. The number of aryl methyl sites for hydroxylation is 1. The molecule has 0 unspecified atom stereocenters. The van der Waals surface area contributed by atoms with Gasteiger partial charge in [-0.25, -0.2) is 4.57 Å². The highest BCUT2D eigenvalue weighted by Gasteiger charge is 2.03. The molecule has 1 aromatic rings. The second-order valence-electron chi connectivity index (χ2n) is 6.35. The van der Waals surface area contributed by atoms with Crippen LogP contribution in [0.5, 0.6) is 0 Å². The van der Waals surface area contributed by atoms with Crippen molar-refractivity contribution in [3.63, 3.8) is 0 Å². The SMILES string of the molecule is CCCCCCCCCCC[n+]1ccc(C(C)C)cc1. The molecule has 0 atom stereocenters. The Hall–Kier alpha value is -0.850. The number of unbranched alkanes of at least 4 members (excludes halogenated alkanes) is 8. The van der Waals surface area contributed by atoms with Gasteiger partial charge in [0.2, 0.25) is 0 Å². The summed E-state index contributed by atoms with van der Waals surface area (Å²) in [5, 5.41) is 0. The van der Waals surface area contributed by atoms with E-state index in [1.54, 1.807) is 0 Å². The highest BCUT2D eigenvalue weighted by Crippen LogP contribution is 2.11. The van der Waals surface area contributed by atoms with Crippen LogP contribution in [0.3, 0.4) is 0 Å². The minimum Gasteiger partial charge on any atom is -0.205 e. The van der Waals surface area contributed by atoms with Crippen LogP contribution in [0.25, 0.3) is 0 Å². The lowest BCUT2D eigenvalue weighted by atomic mass is 10.1. The molecule has 0 bridgehead atoms. The Kier molecular flexibility index (Phi) is 9.36. The molecule has 0 N–H and O–H groups in total. The van der Waals surface area contributed by atoms with Gasteiger partial charge in [0.05, 0.1) is 0 Å². The van der Waals surface area contributed by atoms with Crippen LogP contribution in [-0.2, 0) is 6.54 Å². The van der Waals surface area contributed by atoms with E-state index in [2.05, 4.69) is 49.9 Å². The van der Waals surface area contributed by atoms with Crippen molar-refractivity contribution in [3.05, 3.63) is 30.1 Å². The summed E-state index contributed by atoms with van der Waals surface area (Å²) in [7, 11) is 0. The molecule has 0 aromatic carbocycles. The van der Waals surface area contributed by atoms with Gasteiger partial charge in [-0.05, 0) is 17.9 Å². The number of rotatable bonds is 11. The van der Waals surface area contributed by atoms with E-state index >= 15 is 0 Å². The Morgan fingerprint density at radius 3 is 1.80 bits per heavy atom. The van der Waals surface area contributed by atoms with E-state index in [1.807, 2.05) is 0 Å². The number of nitrogens with zero attached hydrogens (tertiary/aromatic N) is 1. The molecule has 1 rings (SSSR count). The molecule has 1 heteroatoms. The van der Waals surface area contributed by atoms with Crippen LogP contribution in [0.4, 0.5) is 0 Å². The highest BCUT2D eigenvalue weighted by molar-refractivity contribution is 5.11. The van der Waals surface area contributed by atoms with Crippen LogP contribution < -0.4 is 4.57 Å². The van der Waals surface area contributed by atoms with Gasteiger partial charge in [0.1, 0.15) is 6.54 Å². The Morgan fingerprint density at radius 1 is 0.800 bits per heavy atom. The van der Waals surface area contributed by atoms with E-state index in [0.29, 0.717) is 5.92 Å². The zero-order valence-electron chi connectivity index (χ0n) is 13.9. The minimum atomic E-state index is 0.636. The van der Waals surface area contributed by atoms with Crippen molar-refractivity contribution in [1.82, 2.24) is 0 Å². The fourth-order valence-corrected chi connectivity index (χ4v) is 2.61. The predicted molar refractivity (Wildman–Crippen MR) is 88.0 cm³/mol. The van der Waals surface area contributed by atoms with Crippen molar-refractivity contribution in [1.29, 1.82) is 0 Å². The Labute approximate surface area is 126 Å². The number of hydrogen-bond acceptors (Lipinski definition) is 0. The second kappa shape index (κ2) is 10.9. The maximum Gasteiger partial charge on any atom is 0.169 e. The molecule has 0 saturated carbocycles. The molecule has 1 heterocycles. The molecular weight excluding hydrogens is 242 g/mol. The summed E-state index contributed by atoms with van der Waals surface area (Å²) in [4.78, 5) is 0. The first kappa shape index (κ1) is 17.2. The maximum atomic E-state index is 2.33. The Morgan fingerprint density at radius 2 is 1.30 bits per heavy atom. The molecule has 20 heavy (non-hydrogen) atoms. The van der Waals surface area contributed by atoms with Crippen molar-refractivity contribution in [2.45, 2.75) is 91.0 Å². The van der Waals surface area contributed by atoms with Crippen molar-refractivity contribution in [2.24, 2.45) is 0 Å². The lowest BCUT2D eigenvalue weighted by molar-refractivity contribution is -0.697. The van der Waals surface area contributed by atoms with E-state index < -0.39 is 0 Å². The normalized spacial score (nSPS) is 11.2. The average molecular weight is 276 g/mol. The molecule has 0 aliphatic heterocycles. The lowest BCUT2D eigenvalue weighted by Crippen LogP contribution is -2.32. The minimum absolute atomic E-state index is 0.636. The summed E-state index contributed by atoms with van der Waals surface area (Å²) in [6.45, 7) is 7.96. The third-order valence-electron chi connectivity index (χ3n) is 4.10. The Balaban J connectivity index is 2.01. The number of pyridine rings is 1. The molecule has 0 fully saturated rings.